The third kappa shape index (κ3) is 1.61. The van der Waals surface area contributed by atoms with Gasteiger partial charge in [0.2, 0.25) is 0 Å². The number of halogens is 8. The molecule has 0 N–H and O–H groups in total. The lowest BCUT2D eigenvalue weighted by Crippen LogP contribution is -2.01. The summed E-state index contributed by atoms with van der Waals surface area (Å²) in [7, 11) is 0. The zero-order valence-electron chi connectivity index (χ0n) is 12.7. The van der Waals surface area contributed by atoms with Gasteiger partial charge in [-0.1, -0.05) is 18.2 Å². The Morgan fingerprint density at radius 1 is 0.444 bits per heavy atom. The fourth-order valence-electron chi connectivity index (χ4n) is 3.68. The van der Waals surface area contributed by atoms with Gasteiger partial charge >= 0.3 is 0 Å². The third-order valence-electron chi connectivity index (χ3n) is 4.73. The molecular formula is C18H3F8N. The van der Waals surface area contributed by atoms with E-state index in [1.54, 1.807) is 0 Å². The van der Waals surface area contributed by atoms with Crippen LogP contribution in [0.15, 0.2) is 18.2 Å². The van der Waals surface area contributed by atoms with Crippen molar-refractivity contribution >= 4 is 38.1 Å². The molecule has 9 heteroatoms. The van der Waals surface area contributed by atoms with E-state index in [1.165, 1.54) is 18.2 Å². The van der Waals surface area contributed by atoms with Crippen LogP contribution in [0.5, 0.6) is 0 Å². The topological polar surface area (TPSA) is 4.41 Å². The van der Waals surface area contributed by atoms with Gasteiger partial charge in [0.05, 0.1) is 16.6 Å². The average molecular weight is 385 g/mol. The molecule has 2 heterocycles. The van der Waals surface area contributed by atoms with Crippen molar-refractivity contribution in [2.45, 2.75) is 0 Å². The fourth-order valence-corrected chi connectivity index (χ4v) is 3.68. The zero-order valence-corrected chi connectivity index (χ0v) is 12.7. The van der Waals surface area contributed by atoms with Crippen molar-refractivity contribution in [1.29, 1.82) is 0 Å². The molecule has 0 aliphatic heterocycles. The highest BCUT2D eigenvalue weighted by molar-refractivity contribution is 6.23. The Kier molecular flexibility index (Phi) is 2.85. The molecular weight excluding hydrogens is 382 g/mol. The summed E-state index contributed by atoms with van der Waals surface area (Å²) < 4.78 is 113. The van der Waals surface area contributed by atoms with Gasteiger partial charge in [0, 0.05) is 21.5 Å². The molecule has 0 radical (unpaired) electrons. The van der Waals surface area contributed by atoms with Gasteiger partial charge in [-0.15, -0.1) is 0 Å². The second-order valence-electron chi connectivity index (χ2n) is 6.00. The molecule has 27 heavy (non-hydrogen) atoms. The highest BCUT2D eigenvalue weighted by Crippen LogP contribution is 2.44. The molecule has 0 saturated heterocycles. The van der Waals surface area contributed by atoms with Crippen LogP contribution in [0.25, 0.3) is 38.1 Å². The van der Waals surface area contributed by atoms with Gasteiger partial charge in [-0.05, 0) is 0 Å². The minimum absolute atomic E-state index is 0.200. The molecule has 0 aliphatic carbocycles. The first-order chi connectivity index (χ1) is 12.8. The molecule has 0 unspecified atom stereocenters. The van der Waals surface area contributed by atoms with Crippen LogP contribution in [0.1, 0.15) is 0 Å². The lowest BCUT2D eigenvalue weighted by molar-refractivity contribution is 0.415. The second-order valence-corrected chi connectivity index (χ2v) is 6.00. The molecule has 0 bridgehead atoms. The van der Waals surface area contributed by atoms with E-state index in [0.29, 0.717) is 4.40 Å². The Morgan fingerprint density at radius 3 is 1.22 bits per heavy atom. The first-order valence-corrected chi connectivity index (χ1v) is 7.43. The van der Waals surface area contributed by atoms with Gasteiger partial charge in [0.1, 0.15) is 0 Å². The molecule has 136 valence electrons. The first kappa shape index (κ1) is 16.1. The standard InChI is InChI=1S/C18H3F8N/c19-8-6-4-2-1-3-5-7-9(20)11(22)13(24)15(26)18(7)27(16(4)5)17(6)14(25)12(23)10(8)21/h1-3H. The molecule has 5 rings (SSSR count). The summed E-state index contributed by atoms with van der Waals surface area (Å²) in [6.07, 6.45) is 0. The Bertz CT molecular complexity index is 1350. The number of benzene rings is 3. The fraction of sp³-hybridized carbons (Fsp3) is 0. The van der Waals surface area contributed by atoms with Gasteiger partial charge in [0.15, 0.2) is 46.5 Å². The van der Waals surface area contributed by atoms with Crippen molar-refractivity contribution in [2.24, 2.45) is 0 Å². The minimum atomic E-state index is -2.17. The SMILES string of the molecule is Fc1c(F)c(F)c2c(c1F)c1cccc3c4c(F)c(F)c(F)c(F)c4n2c13. The Labute approximate surface area is 143 Å². The molecule has 0 saturated carbocycles. The van der Waals surface area contributed by atoms with E-state index in [2.05, 4.69) is 0 Å². The molecule has 1 nitrogen and oxygen atoms in total. The van der Waals surface area contributed by atoms with E-state index >= 15 is 0 Å². The van der Waals surface area contributed by atoms with Gasteiger partial charge in [0.25, 0.3) is 0 Å². The number of fused-ring (bicyclic) bond motifs is 6. The summed E-state index contributed by atoms with van der Waals surface area (Å²) in [6, 6.07) is 3.60. The third-order valence-corrected chi connectivity index (χ3v) is 4.73. The van der Waals surface area contributed by atoms with E-state index in [4.69, 9.17) is 0 Å². The summed E-state index contributed by atoms with van der Waals surface area (Å²) >= 11 is 0. The van der Waals surface area contributed by atoms with Gasteiger partial charge in [-0.2, -0.15) is 0 Å². The Hall–Kier alpha value is -3.10. The van der Waals surface area contributed by atoms with Crippen LogP contribution in [-0.4, -0.2) is 4.40 Å². The summed E-state index contributed by atoms with van der Waals surface area (Å²) in [6.45, 7) is 0. The van der Waals surface area contributed by atoms with Crippen LogP contribution in [-0.2, 0) is 0 Å². The van der Waals surface area contributed by atoms with Crippen LogP contribution in [0, 0.1) is 46.5 Å². The van der Waals surface area contributed by atoms with Crippen molar-refractivity contribution in [3.8, 4) is 0 Å². The molecule has 5 aromatic rings. The lowest BCUT2D eigenvalue weighted by Gasteiger charge is -2.05. The van der Waals surface area contributed by atoms with Gasteiger partial charge < -0.3 is 4.40 Å². The predicted molar refractivity (Wildman–Crippen MR) is 80.8 cm³/mol. The molecule has 3 aromatic carbocycles. The van der Waals surface area contributed by atoms with Crippen molar-refractivity contribution in [2.75, 3.05) is 0 Å². The molecule has 2 aromatic heterocycles. The molecule has 0 fully saturated rings. The van der Waals surface area contributed by atoms with Crippen LogP contribution in [0.3, 0.4) is 0 Å². The number of hydrogen-bond acceptors (Lipinski definition) is 0. The highest BCUT2D eigenvalue weighted by atomic mass is 19.2. The van der Waals surface area contributed by atoms with E-state index < -0.39 is 68.3 Å². The van der Waals surface area contributed by atoms with Crippen LogP contribution >= 0.6 is 0 Å². The van der Waals surface area contributed by atoms with Crippen LogP contribution in [0.4, 0.5) is 35.1 Å². The first-order valence-electron chi connectivity index (χ1n) is 7.43. The Morgan fingerprint density at radius 2 is 0.815 bits per heavy atom. The number of nitrogens with zero attached hydrogens (tertiary/aromatic N) is 1. The monoisotopic (exact) mass is 385 g/mol. The number of para-hydroxylation sites is 1. The smallest absolute Gasteiger partial charge is 0.199 e. The average Bonchev–Trinajstić information content (AvgIpc) is 3.18. The van der Waals surface area contributed by atoms with E-state index in [-0.39, 0.29) is 16.3 Å². The quantitative estimate of drug-likeness (QED) is 0.176. The van der Waals surface area contributed by atoms with E-state index in [1.807, 2.05) is 0 Å². The molecule has 0 amide bonds. The van der Waals surface area contributed by atoms with Crippen molar-refractivity contribution < 1.29 is 35.1 Å². The molecule has 0 spiro atoms. The largest absolute Gasteiger partial charge is 0.302 e. The van der Waals surface area contributed by atoms with Crippen molar-refractivity contribution in [3.05, 3.63) is 64.7 Å². The Balaban J connectivity index is 2.30. The van der Waals surface area contributed by atoms with E-state index in [0.717, 1.165) is 0 Å². The maximum Gasteiger partial charge on any atom is 0.199 e. The second kappa shape index (κ2) is 4.79. The number of hydrogen-bond donors (Lipinski definition) is 0. The number of rotatable bonds is 0. The molecule has 0 atom stereocenters. The predicted octanol–water partition coefficient (Wildman–Crippen LogP) is 5.95. The maximum absolute atomic E-state index is 14.5. The summed E-state index contributed by atoms with van der Waals surface area (Å²) in [5.74, 6) is -15.7. The maximum atomic E-state index is 14.5. The van der Waals surface area contributed by atoms with Gasteiger partial charge in [-0.25, -0.2) is 35.1 Å². The van der Waals surface area contributed by atoms with Crippen LogP contribution in [0.2, 0.25) is 0 Å². The van der Waals surface area contributed by atoms with Crippen molar-refractivity contribution in [1.82, 2.24) is 4.40 Å². The summed E-state index contributed by atoms with van der Waals surface area (Å²) in [5, 5.41) is -1.85. The van der Waals surface area contributed by atoms with Gasteiger partial charge in [-0.3, -0.25) is 0 Å². The summed E-state index contributed by atoms with van der Waals surface area (Å²) in [5.41, 5.74) is -2.12. The zero-order chi connectivity index (χ0) is 19.4. The van der Waals surface area contributed by atoms with Crippen LogP contribution < -0.4 is 0 Å². The minimum Gasteiger partial charge on any atom is -0.302 e. The highest BCUT2D eigenvalue weighted by Gasteiger charge is 2.32. The molecule has 0 aliphatic rings. The summed E-state index contributed by atoms with van der Waals surface area (Å²) in [4.78, 5) is 0. The normalized spacial score (nSPS) is 12.4. The van der Waals surface area contributed by atoms with Crippen molar-refractivity contribution in [3.63, 3.8) is 0 Å². The lowest BCUT2D eigenvalue weighted by atomic mass is 10.1. The van der Waals surface area contributed by atoms with E-state index in [9.17, 15) is 35.1 Å². The number of aromatic nitrogens is 1.